The van der Waals surface area contributed by atoms with E-state index in [1.54, 1.807) is 17.0 Å². The van der Waals surface area contributed by atoms with Gasteiger partial charge in [0.15, 0.2) is 6.61 Å². The molecule has 0 fully saturated rings. The first-order valence-corrected chi connectivity index (χ1v) is 9.38. The number of thiophene rings is 1. The molecule has 1 N–H and O–H groups in total. The number of nitrogens with zero attached hydrogens (tertiary/aromatic N) is 1. The molecular weight excluding hydrogens is 352 g/mol. The molecule has 1 aromatic heterocycles. The molecule has 3 rings (SSSR count). The minimum atomic E-state index is -0.505. The molecule has 0 unspecified atom stereocenters. The molecule has 7 heteroatoms. The second-order valence-corrected chi connectivity index (χ2v) is 6.87. The summed E-state index contributed by atoms with van der Waals surface area (Å²) in [7, 11) is 0. The van der Waals surface area contributed by atoms with Gasteiger partial charge in [-0.25, -0.2) is 0 Å². The van der Waals surface area contributed by atoms with E-state index >= 15 is 0 Å². The molecule has 0 atom stereocenters. The molecule has 2 aromatic rings. The van der Waals surface area contributed by atoms with E-state index in [2.05, 4.69) is 5.32 Å². The van der Waals surface area contributed by atoms with Crippen LogP contribution in [0.15, 0.2) is 41.8 Å². The number of hydrogen-bond donors (Lipinski definition) is 1. The fourth-order valence-electron chi connectivity index (χ4n) is 2.86. The third kappa shape index (κ3) is 4.49. The Morgan fingerprint density at radius 2 is 2.00 bits per heavy atom. The summed E-state index contributed by atoms with van der Waals surface area (Å²) >= 11 is 1.34. The molecule has 0 spiro atoms. The van der Waals surface area contributed by atoms with Crippen molar-refractivity contribution in [2.75, 3.05) is 24.6 Å². The summed E-state index contributed by atoms with van der Waals surface area (Å²) in [5, 5.41) is 4.47. The Labute approximate surface area is 155 Å². The fourth-order valence-corrected chi connectivity index (χ4v) is 3.50. The monoisotopic (exact) mass is 372 g/mol. The van der Waals surface area contributed by atoms with Gasteiger partial charge in [-0.05, 0) is 35.9 Å². The second kappa shape index (κ2) is 8.62. The maximum Gasteiger partial charge on any atom is 0.308 e. The summed E-state index contributed by atoms with van der Waals surface area (Å²) in [6.45, 7) is 0.520. The van der Waals surface area contributed by atoms with Crippen LogP contribution in [0.5, 0.6) is 0 Å². The maximum absolute atomic E-state index is 12.4. The van der Waals surface area contributed by atoms with Crippen molar-refractivity contribution < 1.29 is 19.1 Å². The lowest BCUT2D eigenvalue weighted by Crippen LogP contribution is -2.38. The molecule has 1 aliphatic rings. The lowest BCUT2D eigenvalue weighted by atomic mass is 10.0. The third-order valence-corrected chi connectivity index (χ3v) is 5.00. The number of benzene rings is 1. The van der Waals surface area contributed by atoms with E-state index in [1.165, 1.54) is 11.3 Å². The number of carbonyl (C=O) groups excluding carboxylic acids is 3. The Hall–Kier alpha value is -2.67. The van der Waals surface area contributed by atoms with Gasteiger partial charge in [-0.3, -0.25) is 14.4 Å². The first-order chi connectivity index (χ1) is 12.6. The molecule has 2 amide bonds. The van der Waals surface area contributed by atoms with Crippen LogP contribution in [0.25, 0.3) is 0 Å². The Kier molecular flexibility index (Phi) is 6.01. The summed E-state index contributed by atoms with van der Waals surface area (Å²) in [4.78, 5) is 38.2. The topological polar surface area (TPSA) is 75.7 Å². The molecule has 2 heterocycles. The summed E-state index contributed by atoms with van der Waals surface area (Å²) in [5.41, 5.74) is 2.03. The standard InChI is InChI=1S/C19H20N2O4S/c22-17(21-11-3-6-14-5-1-2-7-15(14)21)13-25-18(23)9-10-20-19(24)16-8-4-12-26-16/h1-2,4-5,7-8,12H,3,6,9-11,13H2,(H,20,24). The number of aryl methyl sites for hydroxylation is 1. The summed E-state index contributed by atoms with van der Waals surface area (Å²) in [6.07, 6.45) is 1.87. The SMILES string of the molecule is O=C(CCNC(=O)c1cccs1)OCC(=O)N1CCCc2ccccc21. The van der Waals surface area contributed by atoms with Gasteiger partial charge in [-0.1, -0.05) is 24.3 Å². The number of nitrogens with one attached hydrogen (secondary N) is 1. The van der Waals surface area contributed by atoms with Crippen LogP contribution in [-0.2, 0) is 20.7 Å². The van der Waals surface area contributed by atoms with Crippen LogP contribution in [0.4, 0.5) is 5.69 Å². The van der Waals surface area contributed by atoms with Crippen molar-refractivity contribution in [3.05, 3.63) is 52.2 Å². The molecule has 1 aromatic carbocycles. The van der Waals surface area contributed by atoms with Crippen LogP contribution in [-0.4, -0.2) is 37.5 Å². The van der Waals surface area contributed by atoms with Crippen molar-refractivity contribution in [2.45, 2.75) is 19.3 Å². The fraction of sp³-hybridized carbons (Fsp3) is 0.316. The number of rotatable bonds is 6. The lowest BCUT2D eigenvalue weighted by Gasteiger charge is -2.29. The Morgan fingerprint density at radius 3 is 2.81 bits per heavy atom. The smallest absolute Gasteiger partial charge is 0.308 e. The van der Waals surface area contributed by atoms with Crippen LogP contribution >= 0.6 is 11.3 Å². The van der Waals surface area contributed by atoms with Crippen molar-refractivity contribution in [2.24, 2.45) is 0 Å². The Morgan fingerprint density at radius 1 is 1.15 bits per heavy atom. The summed E-state index contributed by atoms with van der Waals surface area (Å²) < 4.78 is 5.07. The molecule has 6 nitrogen and oxygen atoms in total. The third-order valence-electron chi connectivity index (χ3n) is 4.13. The highest BCUT2D eigenvalue weighted by Crippen LogP contribution is 2.26. The normalized spacial score (nSPS) is 13.0. The van der Waals surface area contributed by atoms with E-state index in [-0.39, 0.29) is 31.4 Å². The highest BCUT2D eigenvalue weighted by Gasteiger charge is 2.22. The van der Waals surface area contributed by atoms with E-state index in [0.717, 1.165) is 24.1 Å². The largest absolute Gasteiger partial charge is 0.455 e. The predicted octanol–water partition coefficient (Wildman–Crippen LogP) is 2.39. The van der Waals surface area contributed by atoms with Crippen LogP contribution < -0.4 is 10.2 Å². The van der Waals surface area contributed by atoms with E-state index in [0.29, 0.717) is 11.4 Å². The number of para-hydroxylation sites is 1. The molecule has 0 saturated heterocycles. The Balaban J connectivity index is 1.42. The van der Waals surface area contributed by atoms with Crippen LogP contribution in [0.2, 0.25) is 0 Å². The van der Waals surface area contributed by atoms with Crippen LogP contribution in [0, 0.1) is 0 Å². The first-order valence-electron chi connectivity index (χ1n) is 8.51. The maximum atomic E-state index is 12.4. The second-order valence-electron chi connectivity index (χ2n) is 5.92. The average molecular weight is 372 g/mol. The van der Waals surface area contributed by atoms with Crippen molar-refractivity contribution in [1.29, 1.82) is 0 Å². The zero-order chi connectivity index (χ0) is 18.4. The van der Waals surface area contributed by atoms with Gasteiger partial charge in [-0.15, -0.1) is 11.3 Å². The van der Waals surface area contributed by atoms with Gasteiger partial charge in [0.1, 0.15) is 0 Å². The number of amides is 2. The molecule has 0 radical (unpaired) electrons. The quantitative estimate of drug-likeness (QED) is 0.790. The van der Waals surface area contributed by atoms with Gasteiger partial charge in [0, 0.05) is 18.8 Å². The predicted molar refractivity (Wildman–Crippen MR) is 99.3 cm³/mol. The number of esters is 1. The number of hydrogen-bond acceptors (Lipinski definition) is 5. The van der Waals surface area contributed by atoms with E-state index in [1.807, 2.05) is 29.6 Å². The van der Waals surface area contributed by atoms with Gasteiger partial charge in [0.2, 0.25) is 0 Å². The van der Waals surface area contributed by atoms with Gasteiger partial charge in [0.25, 0.3) is 11.8 Å². The molecule has 0 bridgehead atoms. The number of fused-ring (bicyclic) bond motifs is 1. The minimum absolute atomic E-state index is 0.0288. The first kappa shape index (κ1) is 18.1. The van der Waals surface area contributed by atoms with Gasteiger partial charge in [-0.2, -0.15) is 0 Å². The molecule has 0 saturated carbocycles. The van der Waals surface area contributed by atoms with Crippen LogP contribution in [0.3, 0.4) is 0 Å². The minimum Gasteiger partial charge on any atom is -0.455 e. The molecule has 0 aliphatic carbocycles. The molecule has 26 heavy (non-hydrogen) atoms. The van der Waals surface area contributed by atoms with E-state index in [4.69, 9.17) is 4.74 Å². The molecule has 136 valence electrons. The van der Waals surface area contributed by atoms with E-state index < -0.39 is 5.97 Å². The van der Waals surface area contributed by atoms with Crippen LogP contribution in [0.1, 0.15) is 28.1 Å². The summed E-state index contributed by atoms with van der Waals surface area (Å²) in [5.74, 6) is -0.947. The number of ether oxygens (including phenoxy) is 1. The van der Waals surface area contributed by atoms with Gasteiger partial charge >= 0.3 is 5.97 Å². The molecule has 1 aliphatic heterocycles. The summed E-state index contributed by atoms with van der Waals surface area (Å²) in [6, 6.07) is 11.3. The average Bonchev–Trinajstić information content (AvgIpc) is 3.20. The zero-order valence-electron chi connectivity index (χ0n) is 14.3. The number of anilines is 1. The highest BCUT2D eigenvalue weighted by molar-refractivity contribution is 7.12. The molecular formula is C19H20N2O4S. The van der Waals surface area contributed by atoms with Crippen molar-refractivity contribution in [1.82, 2.24) is 5.32 Å². The number of carbonyl (C=O) groups is 3. The van der Waals surface area contributed by atoms with Gasteiger partial charge in [0.05, 0.1) is 11.3 Å². The highest BCUT2D eigenvalue weighted by atomic mass is 32.1. The van der Waals surface area contributed by atoms with Gasteiger partial charge < -0.3 is 15.0 Å². The Bertz CT molecular complexity index is 789. The zero-order valence-corrected chi connectivity index (χ0v) is 15.1. The van der Waals surface area contributed by atoms with Crippen molar-refractivity contribution in [3.63, 3.8) is 0 Å². The van der Waals surface area contributed by atoms with Crippen molar-refractivity contribution in [3.8, 4) is 0 Å². The van der Waals surface area contributed by atoms with Crippen molar-refractivity contribution >= 4 is 34.8 Å². The van der Waals surface area contributed by atoms with E-state index in [9.17, 15) is 14.4 Å². The lowest BCUT2D eigenvalue weighted by molar-refractivity contribution is -0.147.